The number of esters is 1. The summed E-state index contributed by atoms with van der Waals surface area (Å²) in [5.74, 6) is 0.327. The molecule has 1 aliphatic rings. The Bertz CT molecular complexity index is 329. The summed E-state index contributed by atoms with van der Waals surface area (Å²) in [5.41, 5.74) is 0.110. The van der Waals surface area contributed by atoms with E-state index in [1.807, 2.05) is 6.08 Å². The van der Waals surface area contributed by atoms with E-state index in [0.29, 0.717) is 12.0 Å². The third kappa shape index (κ3) is 5.50. The van der Waals surface area contributed by atoms with Crippen LogP contribution in [-0.4, -0.2) is 24.8 Å². The Morgan fingerprint density at radius 2 is 2.11 bits per heavy atom. The molecule has 1 heterocycles. The lowest BCUT2D eigenvalue weighted by Gasteiger charge is -2.06. The van der Waals surface area contributed by atoms with E-state index in [-0.39, 0.29) is 11.6 Å². The van der Waals surface area contributed by atoms with E-state index in [4.69, 9.17) is 4.74 Å². The predicted octanol–water partition coefficient (Wildman–Crippen LogP) is 3.26. The molecule has 0 aromatic carbocycles. The predicted molar refractivity (Wildman–Crippen MR) is 72.3 cm³/mol. The number of hydrogen-bond donors (Lipinski definition) is 0. The maximum absolute atomic E-state index is 10.8. The fourth-order valence-electron chi connectivity index (χ4n) is 1.88. The van der Waals surface area contributed by atoms with E-state index < -0.39 is 0 Å². The van der Waals surface area contributed by atoms with Crippen molar-refractivity contribution in [2.45, 2.75) is 51.7 Å². The highest BCUT2D eigenvalue weighted by atomic mass is 16.6. The minimum atomic E-state index is -0.319. The van der Waals surface area contributed by atoms with Crippen LogP contribution in [0, 0.1) is 5.92 Å². The second kappa shape index (κ2) is 6.74. The molecule has 0 radical (unpaired) electrons. The summed E-state index contributed by atoms with van der Waals surface area (Å²) >= 11 is 0. The van der Waals surface area contributed by atoms with E-state index >= 15 is 0 Å². The van der Waals surface area contributed by atoms with Crippen molar-refractivity contribution in [3.63, 3.8) is 0 Å². The Balaban J connectivity index is 2.09. The van der Waals surface area contributed by atoms with Gasteiger partial charge in [0.05, 0.1) is 18.8 Å². The Hall–Kier alpha value is -1.09. The molecule has 0 spiro atoms. The van der Waals surface area contributed by atoms with Crippen LogP contribution < -0.4 is 0 Å². The maximum Gasteiger partial charge on any atom is 0.330 e. The van der Waals surface area contributed by atoms with Gasteiger partial charge < -0.3 is 9.47 Å². The zero-order chi connectivity index (χ0) is 13.6. The second-order valence-electron chi connectivity index (χ2n) is 5.44. The van der Waals surface area contributed by atoms with E-state index in [2.05, 4.69) is 31.6 Å². The Labute approximate surface area is 110 Å². The minimum absolute atomic E-state index is 0.110. The molecular weight excluding hydrogens is 228 g/mol. The summed E-state index contributed by atoms with van der Waals surface area (Å²) in [6, 6.07) is 0. The molecule has 2 unspecified atom stereocenters. The quantitative estimate of drug-likeness (QED) is 0.302. The summed E-state index contributed by atoms with van der Waals surface area (Å²) in [6.45, 7) is 6.52. The van der Waals surface area contributed by atoms with Crippen LogP contribution in [0.15, 0.2) is 24.3 Å². The molecule has 1 fully saturated rings. The van der Waals surface area contributed by atoms with Gasteiger partial charge >= 0.3 is 5.97 Å². The SMILES string of the molecule is COC(=O)C=CC=CCC(C)CCC1OC1(C)C. The van der Waals surface area contributed by atoms with Crippen LogP contribution in [0.25, 0.3) is 0 Å². The molecule has 18 heavy (non-hydrogen) atoms. The number of methoxy groups -OCH3 is 1. The lowest BCUT2D eigenvalue weighted by Crippen LogP contribution is -2.04. The van der Waals surface area contributed by atoms with Gasteiger partial charge in [-0.25, -0.2) is 4.79 Å². The number of carbonyl (C=O) groups excluding carboxylic acids is 1. The summed E-state index contributed by atoms with van der Waals surface area (Å²) in [6.07, 6.45) is 10.9. The number of ether oxygens (including phenoxy) is 2. The lowest BCUT2D eigenvalue weighted by molar-refractivity contribution is -0.134. The van der Waals surface area contributed by atoms with Crippen LogP contribution in [0.5, 0.6) is 0 Å². The van der Waals surface area contributed by atoms with E-state index in [9.17, 15) is 4.79 Å². The molecule has 2 atom stereocenters. The minimum Gasteiger partial charge on any atom is -0.466 e. The van der Waals surface area contributed by atoms with Crippen molar-refractivity contribution in [2.24, 2.45) is 5.92 Å². The first-order valence-corrected chi connectivity index (χ1v) is 6.54. The van der Waals surface area contributed by atoms with Crippen molar-refractivity contribution in [1.29, 1.82) is 0 Å². The normalized spacial score (nSPS) is 23.4. The van der Waals surface area contributed by atoms with Gasteiger partial charge in [0.15, 0.2) is 0 Å². The van der Waals surface area contributed by atoms with Crippen LogP contribution in [0.1, 0.15) is 40.0 Å². The second-order valence-corrected chi connectivity index (χ2v) is 5.44. The van der Waals surface area contributed by atoms with Crippen LogP contribution in [0.4, 0.5) is 0 Å². The van der Waals surface area contributed by atoms with Crippen molar-refractivity contribution in [3.05, 3.63) is 24.3 Å². The number of epoxide rings is 1. The topological polar surface area (TPSA) is 38.8 Å². The van der Waals surface area contributed by atoms with E-state index in [1.165, 1.54) is 19.6 Å². The highest BCUT2D eigenvalue weighted by molar-refractivity contribution is 5.82. The first-order valence-electron chi connectivity index (χ1n) is 6.54. The first kappa shape index (κ1) is 15.0. The van der Waals surface area contributed by atoms with Gasteiger partial charge in [0, 0.05) is 6.08 Å². The van der Waals surface area contributed by atoms with Crippen molar-refractivity contribution >= 4 is 5.97 Å². The number of carbonyl (C=O) groups is 1. The molecule has 0 aromatic rings. The maximum atomic E-state index is 10.8. The molecule has 1 rings (SSSR count). The lowest BCUT2D eigenvalue weighted by atomic mass is 9.97. The molecule has 0 aromatic heterocycles. The highest BCUT2D eigenvalue weighted by Gasteiger charge is 2.46. The van der Waals surface area contributed by atoms with Gasteiger partial charge in [-0.1, -0.05) is 25.2 Å². The fourth-order valence-corrected chi connectivity index (χ4v) is 1.88. The Morgan fingerprint density at radius 1 is 1.44 bits per heavy atom. The van der Waals surface area contributed by atoms with Gasteiger partial charge in [-0.3, -0.25) is 0 Å². The average Bonchev–Trinajstić information content (AvgIpc) is 2.93. The molecule has 0 N–H and O–H groups in total. The first-order chi connectivity index (χ1) is 8.45. The number of allylic oxidation sites excluding steroid dienone is 3. The smallest absolute Gasteiger partial charge is 0.330 e. The Kier molecular flexibility index (Phi) is 5.60. The van der Waals surface area contributed by atoms with Gasteiger partial charge in [-0.2, -0.15) is 0 Å². The molecule has 1 saturated heterocycles. The van der Waals surface area contributed by atoms with Gasteiger partial charge in [-0.15, -0.1) is 0 Å². The molecule has 0 amide bonds. The molecule has 3 nitrogen and oxygen atoms in total. The zero-order valence-corrected chi connectivity index (χ0v) is 11.8. The van der Waals surface area contributed by atoms with E-state index in [1.54, 1.807) is 6.08 Å². The third-order valence-corrected chi connectivity index (χ3v) is 3.30. The summed E-state index contributed by atoms with van der Waals surface area (Å²) in [5, 5.41) is 0. The fraction of sp³-hybridized carbons (Fsp3) is 0.667. The van der Waals surface area contributed by atoms with E-state index in [0.717, 1.165) is 12.8 Å². The monoisotopic (exact) mass is 252 g/mol. The average molecular weight is 252 g/mol. The van der Waals surface area contributed by atoms with Gasteiger partial charge in [0.25, 0.3) is 0 Å². The van der Waals surface area contributed by atoms with Crippen molar-refractivity contribution in [2.75, 3.05) is 7.11 Å². The third-order valence-electron chi connectivity index (χ3n) is 3.30. The molecule has 1 aliphatic heterocycles. The molecular formula is C15H24O3. The molecule has 0 saturated carbocycles. The van der Waals surface area contributed by atoms with Crippen LogP contribution in [-0.2, 0) is 14.3 Å². The molecule has 0 aliphatic carbocycles. The van der Waals surface area contributed by atoms with Crippen molar-refractivity contribution in [3.8, 4) is 0 Å². The van der Waals surface area contributed by atoms with Crippen LogP contribution in [0.2, 0.25) is 0 Å². The molecule has 102 valence electrons. The highest BCUT2D eigenvalue weighted by Crippen LogP contribution is 2.39. The number of hydrogen-bond acceptors (Lipinski definition) is 3. The summed E-state index contributed by atoms with van der Waals surface area (Å²) in [4.78, 5) is 10.8. The largest absolute Gasteiger partial charge is 0.466 e. The molecule has 3 heteroatoms. The number of rotatable bonds is 7. The summed E-state index contributed by atoms with van der Waals surface area (Å²) in [7, 11) is 1.37. The van der Waals surface area contributed by atoms with Gasteiger partial charge in [-0.05, 0) is 39.0 Å². The van der Waals surface area contributed by atoms with Crippen molar-refractivity contribution < 1.29 is 14.3 Å². The van der Waals surface area contributed by atoms with Crippen LogP contribution in [0.3, 0.4) is 0 Å². The van der Waals surface area contributed by atoms with Crippen molar-refractivity contribution in [1.82, 2.24) is 0 Å². The summed E-state index contributed by atoms with van der Waals surface area (Å²) < 4.78 is 10.1. The Morgan fingerprint density at radius 3 is 2.67 bits per heavy atom. The zero-order valence-electron chi connectivity index (χ0n) is 11.8. The van der Waals surface area contributed by atoms with Gasteiger partial charge in [0.2, 0.25) is 0 Å². The van der Waals surface area contributed by atoms with Crippen LogP contribution >= 0.6 is 0 Å². The standard InChI is InChI=1S/C15H24O3/c1-12(10-11-13-15(2,3)18-13)8-6-5-7-9-14(16)17-4/h5-7,9,12-13H,8,10-11H2,1-4H3. The molecule has 0 bridgehead atoms. The van der Waals surface area contributed by atoms with Gasteiger partial charge in [0.1, 0.15) is 0 Å².